The number of fused-ring (bicyclic) bond motifs is 1. The normalized spacial score (nSPS) is 19.3. The minimum absolute atomic E-state index is 0.0117. The van der Waals surface area contributed by atoms with E-state index in [0.29, 0.717) is 57.5 Å². The van der Waals surface area contributed by atoms with Gasteiger partial charge in [0.05, 0.1) is 15.3 Å². The Bertz CT molecular complexity index is 1900. The molecule has 1 saturated heterocycles. The number of halogens is 3. The van der Waals surface area contributed by atoms with Crippen LogP contribution in [-0.2, 0) is 9.53 Å². The fourth-order valence-corrected chi connectivity index (χ4v) is 8.50. The number of allylic oxidation sites excluding steroid dienone is 8. The van der Waals surface area contributed by atoms with E-state index in [4.69, 9.17) is 21.3 Å². The number of rotatable bonds is 15. The van der Waals surface area contributed by atoms with Crippen molar-refractivity contribution in [1.82, 2.24) is 9.80 Å². The first kappa shape index (κ1) is 45.8. The van der Waals surface area contributed by atoms with Crippen LogP contribution in [0.25, 0.3) is 15.7 Å². The molecule has 6 nitrogen and oxygen atoms in total. The van der Waals surface area contributed by atoms with Gasteiger partial charge >= 0.3 is 0 Å². The van der Waals surface area contributed by atoms with Crippen molar-refractivity contribution in [2.75, 3.05) is 27.2 Å². The fourth-order valence-electron chi connectivity index (χ4n) is 7.02. The smallest absolute Gasteiger partial charge is 0.209 e. The molecule has 0 saturated carbocycles. The van der Waals surface area contributed by atoms with E-state index in [-0.39, 0.29) is 40.1 Å². The highest BCUT2D eigenvalue weighted by molar-refractivity contribution is 7.19. The van der Waals surface area contributed by atoms with Crippen LogP contribution in [0.4, 0.5) is 8.78 Å². The zero-order valence-electron chi connectivity index (χ0n) is 34.8. The number of ketones is 1. The monoisotopic (exact) mass is 794 g/mol. The largest absolute Gasteiger partial charge is 0.476 e. The fraction of sp³-hybridized carbons (Fsp3) is 0.533. The number of likely N-dealkylation sites (tertiary alicyclic amines) is 1. The summed E-state index contributed by atoms with van der Waals surface area (Å²) in [4.78, 5) is 19.9. The van der Waals surface area contributed by atoms with Crippen LogP contribution in [0.2, 0.25) is 0 Å². The third-order valence-electron chi connectivity index (χ3n) is 10.7. The lowest BCUT2D eigenvalue weighted by Crippen LogP contribution is -2.36. The number of benzene rings is 1. The van der Waals surface area contributed by atoms with E-state index in [2.05, 4.69) is 64.2 Å². The van der Waals surface area contributed by atoms with Gasteiger partial charge in [-0.05, 0) is 107 Å². The summed E-state index contributed by atoms with van der Waals surface area (Å²) in [6, 6.07) is 5.63. The van der Waals surface area contributed by atoms with Crippen molar-refractivity contribution >= 4 is 50.1 Å². The number of likely N-dealkylation sites (N-methyl/N-ethyl adjacent to an activating group) is 1. The predicted octanol–water partition coefficient (Wildman–Crippen LogP) is 12.5. The number of carbonyl (C=O) groups excluding carboxylic acids is 1. The summed E-state index contributed by atoms with van der Waals surface area (Å²) in [6.07, 6.45) is 11.0. The molecule has 1 fully saturated rings. The van der Waals surface area contributed by atoms with Crippen LogP contribution in [0.1, 0.15) is 123 Å². The van der Waals surface area contributed by atoms with Crippen molar-refractivity contribution in [1.29, 1.82) is 5.26 Å². The second kappa shape index (κ2) is 21.1. The van der Waals surface area contributed by atoms with E-state index in [1.54, 1.807) is 6.08 Å². The molecule has 0 bridgehead atoms. The van der Waals surface area contributed by atoms with Crippen molar-refractivity contribution in [3.63, 3.8) is 0 Å². The average molecular weight is 796 g/mol. The summed E-state index contributed by atoms with van der Waals surface area (Å²) in [7, 11) is 4.16. The van der Waals surface area contributed by atoms with Gasteiger partial charge < -0.3 is 14.5 Å². The van der Waals surface area contributed by atoms with Crippen LogP contribution in [0, 0.1) is 29.0 Å². The van der Waals surface area contributed by atoms with E-state index < -0.39 is 11.6 Å². The van der Waals surface area contributed by atoms with Crippen LogP contribution in [0.3, 0.4) is 0 Å². The SMILES string of the molecule is C=CC(C)=O.CC/C=C(/N=C1/C(F)=C(c2ccc(F)c3sc(C(C)C)c(C#N)c23)C(Cl)=C/C1=C(/C)N(C)C(CCC(C)CC)C(C)C)OCC1CCCN1C. The van der Waals surface area contributed by atoms with Crippen LogP contribution in [-0.4, -0.2) is 60.6 Å². The van der Waals surface area contributed by atoms with Gasteiger partial charge in [-0.1, -0.05) is 79.1 Å². The van der Waals surface area contributed by atoms with Gasteiger partial charge in [0.15, 0.2) is 11.6 Å². The maximum atomic E-state index is 17.5. The van der Waals surface area contributed by atoms with Gasteiger partial charge in [0.25, 0.3) is 0 Å². The highest BCUT2D eigenvalue weighted by atomic mass is 35.5. The third kappa shape index (κ3) is 11.3. The molecule has 2 aliphatic rings. The molecule has 0 spiro atoms. The van der Waals surface area contributed by atoms with E-state index in [1.807, 2.05) is 33.8 Å². The number of hydrogen-bond acceptors (Lipinski definition) is 7. The molecule has 1 aliphatic carbocycles. The van der Waals surface area contributed by atoms with Crippen molar-refractivity contribution in [3.05, 3.63) is 86.8 Å². The summed E-state index contributed by atoms with van der Waals surface area (Å²) in [5.74, 6) is 0.251. The molecule has 300 valence electrons. The van der Waals surface area contributed by atoms with Crippen LogP contribution in [0.5, 0.6) is 0 Å². The van der Waals surface area contributed by atoms with Crippen LogP contribution >= 0.6 is 22.9 Å². The van der Waals surface area contributed by atoms with E-state index >= 15 is 8.78 Å². The molecule has 3 atom stereocenters. The molecule has 1 aliphatic heterocycles. The molecule has 0 radical (unpaired) electrons. The molecular weight excluding hydrogens is 734 g/mol. The van der Waals surface area contributed by atoms with E-state index in [0.717, 1.165) is 49.2 Å². The first-order valence-electron chi connectivity index (χ1n) is 19.6. The van der Waals surface area contributed by atoms with E-state index in [1.165, 1.54) is 36.5 Å². The lowest BCUT2D eigenvalue weighted by atomic mass is 9.88. The highest BCUT2D eigenvalue weighted by Crippen LogP contribution is 2.46. The molecule has 10 heteroatoms. The van der Waals surface area contributed by atoms with Crippen molar-refractivity contribution in [2.45, 2.75) is 119 Å². The molecule has 1 aromatic heterocycles. The maximum absolute atomic E-state index is 17.5. The number of aliphatic imine (C=N–C) groups is 1. The summed E-state index contributed by atoms with van der Waals surface area (Å²) < 4.78 is 39.5. The third-order valence-corrected chi connectivity index (χ3v) is 12.5. The Balaban J connectivity index is 0.00000152. The number of nitriles is 1. The lowest BCUT2D eigenvalue weighted by Gasteiger charge is -2.36. The van der Waals surface area contributed by atoms with Crippen LogP contribution < -0.4 is 0 Å². The summed E-state index contributed by atoms with van der Waals surface area (Å²) in [6.45, 7) is 23.0. The Morgan fingerprint density at radius 1 is 1.20 bits per heavy atom. The molecule has 0 N–H and O–H groups in total. The van der Waals surface area contributed by atoms with Crippen molar-refractivity contribution in [2.24, 2.45) is 16.8 Å². The second-order valence-electron chi connectivity index (χ2n) is 15.4. The Kier molecular flexibility index (Phi) is 17.6. The zero-order chi connectivity index (χ0) is 41.1. The first-order valence-corrected chi connectivity index (χ1v) is 20.8. The highest BCUT2D eigenvalue weighted by Gasteiger charge is 2.32. The standard InChI is InChI=1S/C41H55ClF2N4OS.C4H6O/c1-11-14-35(49-23-28-15-13-20-47(28)9)46-39-30(27(8)48(10)34(24(3)4)19-16-26(7)12-2)21-32(42)37(38(39)44)29-17-18-33(43)41-36(29)31(22-45)40(50-41)25(5)6;1-3-4(2)5/h14,17-18,21,24-26,28,34H,11-13,15-16,19-20,23H2,1-10H3;3H,1H2,2H3/b30-27+,35-14-,46-39+;. The molecule has 4 rings (SSSR count). The second-order valence-corrected chi connectivity index (χ2v) is 16.9. The molecular formula is C45H61ClF2N4O2S. The number of hydrogen-bond donors (Lipinski definition) is 0. The summed E-state index contributed by atoms with van der Waals surface area (Å²) in [5.41, 5.74) is 2.37. The Morgan fingerprint density at radius 3 is 2.40 bits per heavy atom. The van der Waals surface area contributed by atoms with Gasteiger partial charge in [0, 0.05) is 46.2 Å². The topological polar surface area (TPSA) is 68.9 Å². The van der Waals surface area contributed by atoms with Gasteiger partial charge in [0.1, 0.15) is 24.2 Å². The van der Waals surface area contributed by atoms with Gasteiger partial charge in [-0.3, -0.25) is 4.79 Å². The number of thiophene rings is 1. The van der Waals surface area contributed by atoms with Crippen molar-refractivity contribution in [3.8, 4) is 6.07 Å². The lowest BCUT2D eigenvalue weighted by molar-refractivity contribution is -0.112. The minimum Gasteiger partial charge on any atom is -0.476 e. The van der Waals surface area contributed by atoms with Crippen LogP contribution in [0.15, 0.2) is 69.9 Å². The van der Waals surface area contributed by atoms with Gasteiger partial charge in [-0.15, -0.1) is 11.3 Å². The first-order chi connectivity index (χ1) is 26.0. The molecule has 2 heterocycles. The molecule has 2 aromatic rings. The predicted molar refractivity (Wildman–Crippen MR) is 229 cm³/mol. The molecule has 1 aromatic carbocycles. The number of ether oxygens (including phenoxy) is 1. The zero-order valence-corrected chi connectivity index (χ0v) is 36.4. The minimum atomic E-state index is -0.626. The van der Waals surface area contributed by atoms with Gasteiger partial charge in [-0.2, -0.15) is 5.26 Å². The Labute approximate surface area is 338 Å². The average Bonchev–Trinajstić information content (AvgIpc) is 3.75. The number of carbonyl (C=O) groups is 1. The van der Waals surface area contributed by atoms with Crippen molar-refractivity contribution < 1.29 is 18.3 Å². The van der Waals surface area contributed by atoms with Gasteiger partial charge in [0.2, 0.25) is 5.88 Å². The molecule has 55 heavy (non-hydrogen) atoms. The molecule has 0 amide bonds. The maximum Gasteiger partial charge on any atom is 0.209 e. The number of nitrogens with zero attached hydrogens (tertiary/aromatic N) is 4. The Morgan fingerprint density at radius 2 is 1.87 bits per heavy atom. The van der Waals surface area contributed by atoms with E-state index in [9.17, 15) is 10.1 Å². The quantitative estimate of drug-likeness (QED) is 0.133. The Hall–Kier alpha value is -3.58. The van der Waals surface area contributed by atoms with Gasteiger partial charge in [-0.25, -0.2) is 13.8 Å². The summed E-state index contributed by atoms with van der Waals surface area (Å²) in [5, 5.41) is 10.8. The molecule has 3 unspecified atom stereocenters. The summed E-state index contributed by atoms with van der Waals surface area (Å²) >= 11 is 8.32.